The molecular formula is C28H25ClN2O5S. The molecule has 0 bridgehead atoms. The number of esters is 1. The second-order valence-corrected chi connectivity index (χ2v) is 9.94. The number of ether oxygens (including phenoxy) is 3. The van der Waals surface area contributed by atoms with Crippen molar-refractivity contribution in [3.63, 3.8) is 0 Å². The molecule has 0 unspecified atom stereocenters. The van der Waals surface area contributed by atoms with Gasteiger partial charge in [0, 0.05) is 5.02 Å². The molecule has 0 fully saturated rings. The lowest BCUT2D eigenvalue weighted by Crippen LogP contribution is -2.40. The van der Waals surface area contributed by atoms with Crippen molar-refractivity contribution in [3.05, 3.63) is 89.6 Å². The number of nitrogens with zero attached hydrogens (tertiary/aromatic N) is 2. The first-order valence-corrected chi connectivity index (χ1v) is 12.7. The summed E-state index contributed by atoms with van der Waals surface area (Å²) in [6.07, 6.45) is 6.71. The fraction of sp³-hybridized carbons (Fsp3) is 0.250. The molecule has 1 aromatic heterocycles. The van der Waals surface area contributed by atoms with Crippen molar-refractivity contribution in [1.29, 1.82) is 0 Å². The fourth-order valence-electron chi connectivity index (χ4n) is 3.98. The Morgan fingerprint density at radius 2 is 1.97 bits per heavy atom. The molecule has 2 heterocycles. The van der Waals surface area contributed by atoms with Crippen molar-refractivity contribution >= 4 is 35.0 Å². The molecule has 2 aromatic carbocycles. The molecule has 0 amide bonds. The number of terminal acetylenes is 1. The maximum absolute atomic E-state index is 13.7. The average molecular weight is 537 g/mol. The third-order valence-electron chi connectivity index (χ3n) is 5.57. The summed E-state index contributed by atoms with van der Waals surface area (Å²) in [7, 11) is 1.53. The number of hydrogen-bond donors (Lipinski definition) is 0. The lowest BCUT2D eigenvalue weighted by atomic mass is 9.96. The molecule has 3 aromatic rings. The van der Waals surface area contributed by atoms with Gasteiger partial charge in [-0.15, -0.1) is 6.42 Å². The van der Waals surface area contributed by atoms with Gasteiger partial charge < -0.3 is 14.2 Å². The molecule has 0 saturated carbocycles. The molecule has 9 heteroatoms. The van der Waals surface area contributed by atoms with Crippen LogP contribution in [0.25, 0.3) is 6.08 Å². The highest BCUT2D eigenvalue weighted by molar-refractivity contribution is 7.07. The maximum atomic E-state index is 13.7. The van der Waals surface area contributed by atoms with Crippen LogP contribution in [-0.2, 0) is 9.53 Å². The van der Waals surface area contributed by atoms with E-state index in [-0.39, 0.29) is 18.3 Å². The Hall–Kier alpha value is -3.80. The van der Waals surface area contributed by atoms with E-state index < -0.39 is 12.0 Å². The highest BCUT2D eigenvalue weighted by atomic mass is 35.5. The van der Waals surface area contributed by atoms with Crippen molar-refractivity contribution < 1.29 is 19.0 Å². The van der Waals surface area contributed by atoms with Crippen molar-refractivity contribution in [2.75, 3.05) is 13.7 Å². The summed E-state index contributed by atoms with van der Waals surface area (Å²) in [6, 6.07) is 11.6. The summed E-state index contributed by atoms with van der Waals surface area (Å²) in [5, 5.41) is 0.548. The number of thiazole rings is 1. The Balaban J connectivity index is 1.87. The van der Waals surface area contributed by atoms with Crippen molar-refractivity contribution in [2.24, 2.45) is 4.99 Å². The third-order valence-corrected chi connectivity index (χ3v) is 6.80. The topological polar surface area (TPSA) is 79.1 Å². The van der Waals surface area contributed by atoms with Crippen LogP contribution in [0.15, 0.2) is 63.5 Å². The molecule has 1 atom stereocenters. The summed E-state index contributed by atoms with van der Waals surface area (Å²) >= 11 is 7.35. The highest BCUT2D eigenvalue weighted by Gasteiger charge is 2.33. The second kappa shape index (κ2) is 11.1. The number of carbonyl (C=O) groups excluding carboxylic acids is 1. The fourth-order valence-corrected chi connectivity index (χ4v) is 5.16. The van der Waals surface area contributed by atoms with E-state index in [0.29, 0.717) is 37.1 Å². The summed E-state index contributed by atoms with van der Waals surface area (Å²) < 4.78 is 18.4. The van der Waals surface area contributed by atoms with Crippen LogP contribution in [0.1, 0.15) is 37.9 Å². The van der Waals surface area contributed by atoms with Gasteiger partial charge in [-0.2, -0.15) is 0 Å². The molecule has 190 valence electrons. The molecule has 4 rings (SSSR count). The Labute approximate surface area is 223 Å². The van der Waals surface area contributed by atoms with Gasteiger partial charge in [0.1, 0.15) is 6.61 Å². The van der Waals surface area contributed by atoms with E-state index in [2.05, 4.69) is 10.9 Å². The van der Waals surface area contributed by atoms with Crippen LogP contribution in [0.4, 0.5) is 0 Å². The monoisotopic (exact) mass is 536 g/mol. The average Bonchev–Trinajstić information content (AvgIpc) is 3.16. The van der Waals surface area contributed by atoms with Gasteiger partial charge in [-0.1, -0.05) is 47.1 Å². The number of benzene rings is 2. The minimum Gasteiger partial charge on any atom is -0.493 e. The summed E-state index contributed by atoms with van der Waals surface area (Å²) in [6.45, 7) is 5.41. The number of methoxy groups -OCH3 is 1. The van der Waals surface area contributed by atoms with Gasteiger partial charge in [0.25, 0.3) is 5.56 Å². The lowest BCUT2D eigenvalue weighted by Gasteiger charge is -2.25. The maximum Gasteiger partial charge on any atom is 0.338 e. The molecule has 0 saturated heterocycles. The number of aromatic nitrogens is 1. The van der Waals surface area contributed by atoms with E-state index in [0.717, 1.165) is 11.1 Å². The van der Waals surface area contributed by atoms with Crippen molar-refractivity contribution in [1.82, 2.24) is 4.57 Å². The normalized spacial score (nSPS) is 15.2. The molecule has 7 nitrogen and oxygen atoms in total. The Morgan fingerprint density at radius 1 is 1.24 bits per heavy atom. The largest absolute Gasteiger partial charge is 0.493 e. The first-order valence-electron chi connectivity index (χ1n) is 11.5. The van der Waals surface area contributed by atoms with Crippen molar-refractivity contribution in [2.45, 2.75) is 32.9 Å². The first-order chi connectivity index (χ1) is 17.7. The SMILES string of the molecule is C#CCOc1ccc(/C=c2\sc3n(c2=O)[C@H](c2ccc(Cl)cc2)C(C(=O)OC(C)C)=C(C)N=3)cc1OC. The van der Waals surface area contributed by atoms with E-state index in [1.54, 1.807) is 69.3 Å². The van der Waals surface area contributed by atoms with Crippen LogP contribution in [-0.4, -0.2) is 30.4 Å². The van der Waals surface area contributed by atoms with E-state index in [1.165, 1.54) is 23.0 Å². The molecule has 0 aliphatic carbocycles. The number of halogens is 1. The van der Waals surface area contributed by atoms with Crippen LogP contribution in [0.2, 0.25) is 5.02 Å². The zero-order valence-corrected chi connectivity index (χ0v) is 22.4. The summed E-state index contributed by atoms with van der Waals surface area (Å²) in [4.78, 5) is 32.0. The first kappa shape index (κ1) is 26.3. The van der Waals surface area contributed by atoms with Gasteiger partial charge >= 0.3 is 5.97 Å². The minimum atomic E-state index is -0.712. The van der Waals surface area contributed by atoms with Crippen molar-refractivity contribution in [3.8, 4) is 23.8 Å². The van der Waals surface area contributed by atoms with E-state index >= 15 is 0 Å². The quantitative estimate of drug-likeness (QED) is 0.338. The molecule has 37 heavy (non-hydrogen) atoms. The zero-order valence-electron chi connectivity index (χ0n) is 20.8. The van der Waals surface area contributed by atoms with Crippen LogP contribution in [0.5, 0.6) is 11.5 Å². The Morgan fingerprint density at radius 3 is 2.62 bits per heavy atom. The smallest absolute Gasteiger partial charge is 0.338 e. The third kappa shape index (κ3) is 5.48. The standard InChI is InChI=1S/C28H25ClN2O5S/c1-6-13-35-21-12-7-18(14-22(21)34-5)15-23-26(32)31-25(19-8-10-20(29)11-9-19)24(27(33)36-16(2)3)17(4)30-28(31)37-23/h1,7-12,14-16,25H,13H2,2-5H3/b23-15-/t25-/m1/s1. The second-order valence-electron chi connectivity index (χ2n) is 8.49. The number of carbonyl (C=O) groups is 1. The molecule has 1 aliphatic rings. The van der Waals surface area contributed by atoms with E-state index in [4.69, 9.17) is 32.2 Å². The lowest BCUT2D eigenvalue weighted by molar-refractivity contribution is -0.143. The van der Waals surface area contributed by atoms with Crippen LogP contribution < -0.4 is 24.4 Å². The van der Waals surface area contributed by atoms with Gasteiger partial charge in [0.15, 0.2) is 16.3 Å². The molecular weight excluding hydrogens is 512 g/mol. The van der Waals surface area contributed by atoms with Crippen LogP contribution in [0.3, 0.4) is 0 Å². The molecule has 0 N–H and O–H groups in total. The number of allylic oxidation sites excluding steroid dienone is 1. The van der Waals surface area contributed by atoms with Gasteiger partial charge in [-0.25, -0.2) is 9.79 Å². The molecule has 0 radical (unpaired) electrons. The van der Waals surface area contributed by atoms with E-state index in [1.807, 2.05) is 0 Å². The Bertz CT molecular complexity index is 1590. The van der Waals surface area contributed by atoms with E-state index in [9.17, 15) is 9.59 Å². The molecule has 0 spiro atoms. The number of hydrogen-bond acceptors (Lipinski definition) is 7. The number of rotatable bonds is 7. The van der Waals surface area contributed by atoms with Gasteiger partial charge in [-0.05, 0) is 62.2 Å². The molecule has 1 aliphatic heterocycles. The minimum absolute atomic E-state index is 0.111. The van der Waals surface area contributed by atoms with Gasteiger partial charge in [-0.3, -0.25) is 9.36 Å². The van der Waals surface area contributed by atoms with Gasteiger partial charge in [0.05, 0.1) is 35.1 Å². The predicted octanol–water partition coefficient (Wildman–Crippen LogP) is 3.86. The van der Waals surface area contributed by atoms with Gasteiger partial charge in [0.2, 0.25) is 0 Å². The van der Waals surface area contributed by atoms with Crippen LogP contribution >= 0.6 is 22.9 Å². The Kier molecular flexibility index (Phi) is 7.86. The highest BCUT2D eigenvalue weighted by Crippen LogP contribution is 2.32. The zero-order chi connectivity index (χ0) is 26.7. The summed E-state index contributed by atoms with van der Waals surface area (Å²) in [5.74, 6) is 2.90. The van der Waals surface area contributed by atoms with Crippen LogP contribution in [0, 0.1) is 12.3 Å². The summed E-state index contributed by atoms with van der Waals surface area (Å²) in [5.41, 5.74) is 1.98. The predicted molar refractivity (Wildman–Crippen MR) is 144 cm³/mol. The number of fused-ring (bicyclic) bond motifs is 1.